The molecule has 6 aromatic carbocycles. The number of amides is 4. The summed E-state index contributed by atoms with van der Waals surface area (Å²) >= 11 is 0. The van der Waals surface area contributed by atoms with Gasteiger partial charge in [-0.25, -0.2) is 15.4 Å². The Kier molecular flexibility index (Phi) is 19.6. The van der Waals surface area contributed by atoms with Crippen LogP contribution in [-0.2, 0) is 35.4 Å². The molecule has 6 aromatic rings. The van der Waals surface area contributed by atoms with Crippen molar-refractivity contribution in [1.82, 2.24) is 5.43 Å². The summed E-state index contributed by atoms with van der Waals surface area (Å²) in [5, 5.41) is 25.4. The molecule has 18 heteroatoms. The Morgan fingerprint density at radius 3 is 1.11 bits per heavy atom. The Morgan fingerprint density at radius 1 is 0.500 bits per heavy atom. The molecule has 3 spiro atoms. The van der Waals surface area contributed by atoms with Crippen LogP contribution in [0.3, 0.4) is 0 Å². The van der Waals surface area contributed by atoms with Crippen LogP contribution in [0.15, 0.2) is 109 Å². The van der Waals surface area contributed by atoms with E-state index in [1.54, 1.807) is 24.3 Å². The molecule has 17 nitrogen and oxygen atoms in total. The molecule has 0 atom stereocenters. The molecule has 14 N–H and O–H groups in total. The summed E-state index contributed by atoms with van der Waals surface area (Å²) in [6, 6.07) is 34.5. The number of nitrogens with two attached hydrogens (primary N) is 3. The lowest BCUT2D eigenvalue weighted by atomic mass is 9.79. The van der Waals surface area contributed by atoms with Crippen molar-refractivity contribution in [3.63, 3.8) is 0 Å². The number of nitrogens with one attached hydrogen (secondary N) is 4. The highest BCUT2D eigenvalue weighted by Crippen LogP contribution is 2.52. The molecule has 0 saturated heterocycles. The first-order valence-corrected chi connectivity index (χ1v) is 26.4. The number of halogens is 1. The summed E-state index contributed by atoms with van der Waals surface area (Å²) in [5.41, 5.74) is 17.4. The molecule has 3 heterocycles. The van der Waals surface area contributed by atoms with Crippen LogP contribution in [0.4, 0.5) is 17.1 Å². The number of methoxy groups -OCH3 is 1. The van der Waals surface area contributed by atoms with Crippen LogP contribution in [-0.4, -0.2) is 65.5 Å². The molecule has 3 aliphatic heterocycles. The Hall–Kier alpha value is -7.77. The molecule has 0 unspecified atom stereocenters. The summed E-state index contributed by atoms with van der Waals surface area (Å²) in [7, 11) is 2.38. The van der Waals surface area contributed by atoms with E-state index in [9.17, 15) is 33.9 Å². The quantitative estimate of drug-likeness (QED) is 0.0326. The van der Waals surface area contributed by atoms with Gasteiger partial charge in [0, 0.05) is 29.7 Å². The van der Waals surface area contributed by atoms with E-state index in [0.717, 1.165) is 168 Å². The minimum Gasteiger partial charge on any atom is -0.478 e. The Labute approximate surface area is 472 Å². The third-order valence-corrected chi connectivity index (χ3v) is 16.7. The second kappa shape index (κ2) is 25.6. The summed E-state index contributed by atoms with van der Waals surface area (Å²) in [5.74, 6) is 12.0. The van der Waals surface area contributed by atoms with Gasteiger partial charge in [-0.05, 0) is 181 Å². The molecule has 0 bridgehead atoms. The zero-order valence-corrected chi connectivity index (χ0v) is 46.6. The number of fused-ring (bicyclic) bond motifs is 6. The largest absolute Gasteiger partial charge is 0.478 e. The van der Waals surface area contributed by atoms with Crippen molar-refractivity contribution < 1.29 is 49.2 Å². The number of ether oxygens (including phenoxy) is 1. The van der Waals surface area contributed by atoms with Gasteiger partial charge < -0.3 is 36.4 Å². The van der Waals surface area contributed by atoms with Gasteiger partial charge in [0.2, 0.25) is 17.7 Å². The van der Waals surface area contributed by atoms with E-state index < -0.39 is 5.97 Å². The van der Waals surface area contributed by atoms with Gasteiger partial charge >= 0.3 is 11.9 Å². The number of aliphatic hydroxyl groups is 1. The predicted octanol–water partition coefficient (Wildman–Crippen LogP) is 9.39. The number of carbonyl (C=O) groups excluding carboxylic acids is 5. The zero-order chi connectivity index (χ0) is 56.1. The number of hydrazine groups is 2. The number of carboxylic acid groups (broad SMARTS) is 1. The predicted molar refractivity (Wildman–Crippen MR) is 314 cm³/mol. The number of carboxylic acids is 1. The van der Waals surface area contributed by atoms with Crippen LogP contribution >= 0.6 is 12.4 Å². The molecular formula is C62H72ClN7O10. The molecule has 0 aromatic heterocycles. The average molecular weight is 1110 g/mol. The fraction of sp³-hybridized carbons (Fsp3) is 0.323. The minimum absolute atomic E-state index is 0. The lowest BCUT2D eigenvalue weighted by Gasteiger charge is -2.20. The lowest BCUT2D eigenvalue weighted by Crippen LogP contribution is -2.30. The van der Waals surface area contributed by atoms with Crippen LogP contribution < -0.4 is 38.9 Å². The number of carbonyl (C=O) groups is 6. The van der Waals surface area contributed by atoms with Gasteiger partial charge in [-0.1, -0.05) is 93.1 Å². The Bertz CT molecular complexity index is 3200. The molecule has 3 saturated carbocycles. The minimum atomic E-state index is -0.935. The molecule has 12 rings (SSSR count). The van der Waals surface area contributed by atoms with Gasteiger partial charge in [0.15, 0.2) is 0 Å². The first-order chi connectivity index (χ1) is 37.6. The van der Waals surface area contributed by atoms with E-state index in [1.807, 2.05) is 87.5 Å². The summed E-state index contributed by atoms with van der Waals surface area (Å²) in [4.78, 5) is 72.6. The number of aliphatic hydroxyl groups excluding tert-OH is 1. The maximum atomic E-state index is 12.6. The molecule has 80 heavy (non-hydrogen) atoms. The molecule has 3 fully saturated rings. The number of aromatic carboxylic acids is 1. The number of esters is 1. The van der Waals surface area contributed by atoms with Gasteiger partial charge in [-0.2, -0.15) is 0 Å². The van der Waals surface area contributed by atoms with Crippen molar-refractivity contribution in [3.05, 3.63) is 159 Å². The van der Waals surface area contributed by atoms with E-state index in [4.69, 9.17) is 15.7 Å². The van der Waals surface area contributed by atoms with E-state index in [0.29, 0.717) is 11.1 Å². The first kappa shape index (κ1) is 61.4. The highest BCUT2D eigenvalue weighted by atomic mass is 35.5. The van der Waals surface area contributed by atoms with Crippen molar-refractivity contribution in [2.75, 3.05) is 30.2 Å². The van der Waals surface area contributed by atoms with Crippen molar-refractivity contribution in [3.8, 4) is 33.4 Å². The van der Waals surface area contributed by atoms with Gasteiger partial charge in [0.05, 0.1) is 34.5 Å². The van der Waals surface area contributed by atoms with E-state index in [1.165, 1.54) is 7.11 Å². The van der Waals surface area contributed by atoms with Crippen LogP contribution in [0.2, 0.25) is 0 Å². The molecular weight excluding hydrogens is 1040 g/mol. The third kappa shape index (κ3) is 11.2. The molecule has 422 valence electrons. The number of nitrogen functional groups attached to an aromatic ring is 1. The van der Waals surface area contributed by atoms with Gasteiger partial charge in [0.25, 0.3) is 5.91 Å². The van der Waals surface area contributed by atoms with E-state index >= 15 is 0 Å². The normalized spacial score (nSPS) is 16.4. The van der Waals surface area contributed by atoms with Crippen molar-refractivity contribution >= 4 is 65.0 Å². The fourth-order valence-electron chi connectivity index (χ4n) is 12.6. The van der Waals surface area contributed by atoms with Gasteiger partial charge in [0.1, 0.15) is 0 Å². The number of hydrogen-bond acceptors (Lipinski definition) is 11. The SMILES string of the molecule is CO.COC(=O)c1ccc(C)c(-c2ccc3c(c2)NC(=O)C32CCCC2)c1.Cc1ccc(C(=O)NN)cc1-c1ccc2c(c1)NC(=O)C21CCCC1.Cc1ccc(C(=O)O)cc1-c1ccc2c(c1)NC(=O)C21CCCC1.Cl.NN.O. The van der Waals surface area contributed by atoms with Crippen LogP contribution in [0.25, 0.3) is 33.4 Å². The fourth-order valence-corrected chi connectivity index (χ4v) is 12.6. The third-order valence-electron chi connectivity index (χ3n) is 16.7. The van der Waals surface area contributed by atoms with Crippen LogP contribution in [0, 0.1) is 20.8 Å². The molecule has 4 amide bonds. The molecule has 3 aliphatic carbocycles. The number of anilines is 3. The maximum absolute atomic E-state index is 12.6. The Morgan fingerprint density at radius 2 is 0.800 bits per heavy atom. The van der Waals surface area contributed by atoms with Gasteiger partial charge in [-0.3, -0.25) is 36.3 Å². The second-order valence-corrected chi connectivity index (χ2v) is 20.9. The smallest absolute Gasteiger partial charge is 0.337 e. The number of rotatable bonds is 6. The zero-order valence-electron chi connectivity index (χ0n) is 45.8. The lowest BCUT2D eigenvalue weighted by molar-refractivity contribution is -0.121. The molecule has 0 radical (unpaired) electrons. The highest BCUT2D eigenvalue weighted by molar-refractivity contribution is 6.09. The average Bonchev–Trinajstić information content (AvgIpc) is 4.54. The topological polar surface area (TPSA) is 310 Å². The summed E-state index contributed by atoms with van der Waals surface area (Å²) < 4.78 is 4.82. The number of aryl methyl sites for hydroxylation is 3. The van der Waals surface area contributed by atoms with Crippen molar-refractivity contribution in [2.24, 2.45) is 17.5 Å². The Balaban J connectivity index is 0.000000185. The van der Waals surface area contributed by atoms with Crippen molar-refractivity contribution in [1.29, 1.82) is 0 Å². The number of benzene rings is 6. The molecule has 6 aliphatic rings. The first-order valence-electron chi connectivity index (χ1n) is 26.4. The van der Waals surface area contributed by atoms with E-state index in [2.05, 4.69) is 51.3 Å². The monoisotopic (exact) mass is 1110 g/mol. The second-order valence-electron chi connectivity index (χ2n) is 20.9. The van der Waals surface area contributed by atoms with Gasteiger partial charge in [-0.15, -0.1) is 12.4 Å². The summed E-state index contributed by atoms with van der Waals surface area (Å²) in [6.45, 7) is 5.98. The van der Waals surface area contributed by atoms with Crippen LogP contribution in [0.5, 0.6) is 0 Å². The van der Waals surface area contributed by atoms with Crippen molar-refractivity contribution in [2.45, 2.75) is 114 Å². The standard InChI is InChI=1S/C21H21NO3.C20H21N3O2.C20H19NO3.CH4O.ClH.H4N2.H2O/c1-13-5-6-15(19(23)25-2)11-16(13)14-7-8-17-18(12-14)22-20(24)21(17)9-3-4-10-21;1-12-4-5-14(18(24)23-21)10-15(12)13-6-7-16-17(11-13)22-19(25)20(16)8-2-3-9-20;1-12-4-5-14(18(22)23)10-15(12)13-6-7-16-17(11-13)21-19(24)20(16)8-2-3-9-20;1-2;;1-2;/h5-8,11-12H,3-4,9-10H2,1-2H3,(H,22,24);4-7,10-11H,2-3,8-9,21H2,1H3,(H,22,25)(H,23,24);4-7,10-11H,2-3,8-9H2,1H3,(H,21,24)(H,22,23);2H,1H3;1H;1-2H2;1H2. The number of hydrogen-bond donors (Lipinski definition) is 9. The van der Waals surface area contributed by atoms with E-state index in [-0.39, 0.29) is 69.3 Å². The summed E-state index contributed by atoms with van der Waals surface area (Å²) in [6.07, 6.45) is 12.1. The maximum Gasteiger partial charge on any atom is 0.337 e. The highest BCUT2D eigenvalue weighted by Gasteiger charge is 2.50. The van der Waals surface area contributed by atoms with Crippen LogP contribution in [0.1, 0.15) is 142 Å².